The topological polar surface area (TPSA) is 120 Å². The van der Waals surface area contributed by atoms with Gasteiger partial charge in [-0.25, -0.2) is 0 Å². The van der Waals surface area contributed by atoms with Crippen LogP contribution in [-0.2, 0) is 20.9 Å². The number of methoxy groups -OCH3 is 1. The number of hydrogen-bond donors (Lipinski definition) is 4. The van der Waals surface area contributed by atoms with Gasteiger partial charge in [0.1, 0.15) is 11.9 Å². The number of carbonyl (C=O) groups excluding carboxylic acids is 2. The van der Waals surface area contributed by atoms with Gasteiger partial charge in [0.05, 0.1) is 12.9 Å². The molecule has 9 heteroatoms. The van der Waals surface area contributed by atoms with Gasteiger partial charge in [-0.2, -0.15) is 0 Å². The number of rotatable bonds is 8. The van der Waals surface area contributed by atoms with Crippen molar-refractivity contribution in [2.24, 2.45) is 0 Å². The zero-order valence-electron chi connectivity index (χ0n) is 17.5. The Kier molecular flexibility index (Phi) is 8.05. The number of aliphatic hydroxyl groups is 2. The van der Waals surface area contributed by atoms with Gasteiger partial charge in [-0.3, -0.25) is 9.59 Å². The Morgan fingerprint density at radius 3 is 2.58 bits per heavy atom. The number of piperazine rings is 1. The molecule has 1 aliphatic heterocycles. The summed E-state index contributed by atoms with van der Waals surface area (Å²) in [5.41, 5.74) is 0.785. The van der Waals surface area contributed by atoms with Crippen LogP contribution in [0, 0.1) is 0 Å². The van der Waals surface area contributed by atoms with E-state index < -0.39 is 24.0 Å². The molecule has 1 aromatic carbocycles. The Labute approximate surface area is 181 Å². The van der Waals surface area contributed by atoms with Crippen molar-refractivity contribution in [2.45, 2.75) is 31.3 Å². The first-order valence-electron chi connectivity index (χ1n) is 10.3. The minimum absolute atomic E-state index is 0.115. The number of benzene rings is 1. The fourth-order valence-corrected chi connectivity index (χ4v) is 3.36. The molecule has 1 unspecified atom stereocenters. The molecule has 3 atom stereocenters. The molecule has 2 aliphatic rings. The van der Waals surface area contributed by atoms with Gasteiger partial charge in [0.15, 0.2) is 12.2 Å². The van der Waals surface area contributed by atoms with E-state index in [4.69, 9.17) is 9.47 Å². The van der Waals surface area contributed by atoms with Crippen molar-refractivity contribution in [2.75, 3.05) is 33.3 Å². The molecule has 1 fully saturated rings. The maximum absolute atomic E-state index is 12.2. The first-order valence-corrected chi connectivity index (χ1v) is 10.3. The van der Waals surface area contributed by atoms with E-state index in [2.05, 4.69) is 10.6 Å². The fourth-order valence-electron chi connectivity index (χ4n) is 3.36. The second-order valence-corrected chi connectivity index (χ2v) is 7.41. The average Bonchev–Trinajstić information content (AvgIpc) is 2.82. The van der Waals surface area contributed by atoms with E-state index in [0.29, 0.717) is 38.3 Å². The largest absolute Gasteiger partial charge is 0.501 e. The average molecular weight is 431 g/mol. The van der Waals surface area contributed by atoms with Crippen molar-refractivity contribution in [3.63, 3.8) is 0 Å². The highest BCUT2D eigenvalue weighted by molar-refractivity contribution is 5.90. The first-order chi connectivity index (χ1) is 15.0. The SMILES string of the molecule is COC1=CC=CC(Oc2ccc(CNC(=O)[C@H](O)[C@@H](O)C(=O)N3CCNCC3)cc2)C1. The zero-order valence-corrected chi connectivity index (χ0v) is 17.5. The summed E-state index contributed by atoms with van der Waals surface area (Å²) in [5.74, 6) is 0.0820. The number of ether oxygens (including phenoxy) is 2. The van der Waals surface area contributed by atoms with Crippen LogP contribution in [0.15, 0.2) is 48.3 Å². The molecule has 0 saturated carbocycles. The highest BCUT2D eigenvalue weighted by Gasteiger charge is 2.33. The van der Waals surface area contributed by atoms with Crippen LogP contribution in [-0.4, -0.2) is 78.5 Å². The predicted molar refractivity (Wildman–Crippen MR) is 113 cm³/mol. The van der Waals surface area contributed by atoms with Crippen LogP contribution < -0.4 is 15.4 Å². The molecule has 0 spiro atoms. The molecule has 0 bridgehead atoms. The molecule has 3 rings (SSSR count). The first kappa shape index (κ1) is 22.8. The lowest BCUT2D eigenvalue weighted by molar-refractivity contribution is -0.153. The number of aliphatic hydroxyl groups excluding tert-OH is 2. The molecular formula is C22H29N3O6. The van der Waals surface area contributed by atoms with Crippen molar-refractivity contribution in [1.29, 1.82) is 0 Å². The molecule has 1 aromatic rings. The summed E-state index contributed by atoms with van der Waals surface area (Å²) in [5, 5.41) is 25.8. The van der Waals surface area contributed by atoms with E-state index in [0.717, 1.165) is 11.3 Å². The van der Waals surface area contributed by atoms with Crippen LogP contribution in [0.5, 0.6) is 5.75 Å². The summed E-state index contributed by atoms with van der Waals surface area (Å²) in [4.78, 5) is 25.9. The number of carbonyl (C=O) groups is 2. The van der Waals surface area contributed by atoms with Crippen molar-refractivity contribution in [1.82, 2.24) is 15.5 Å². The van der Waals surface area contributed by atoms with Gasteiger partial charge < -0.3 is 35.2 Å². The molecule has 0 aromatic heterocycles. The highest BCUT2D eigenvalue weighted by Crippen LogP contribution is 2.20. The molecule has 1 saturated heterocycles. The third-order valence-corrected chi connectivity index (χ3v) is 5.20. The second kappa shape index (κ2) is 10.9. The van der Waals surface area contributed by atoms with Gasteiger partial charge in [-0.1, -0.05) is 18.2 Å². The Balaban J connectivity index is 1.45. The van der Waals surface area contributed by atoms with E-state index in [9.17, 15) is 19.8 Å². The molecule has 1 heterocycles. The smallest absolute Gasteiger partial charge is 0.254 e. The summed E-state index contributed by atoms with van der Waals surface area (Å²) in [7, 11) is 1.63. The normalized spacial score (nSPS) is 20.4. The fraction of sp³-hybridized carbons (Fsp3) is 0.455. The molecule has 0 radical (unpaired) electrons. The Hall–Kier alpha value is -2.88. The molecular weight excluding hydrogens is 402 g/mol. The number of hydrogen-bond acceptors (Lipinski definition) is 7. The Morgan fingerprint density at radius 2 is 1.90 bits per heavy atom. The molecule has 2 amide bonds. The number of nitrogens with one attached hydrogen (secondary N) is 2. The van der Waals surface area contributed by atoms with Crippen molar-refractivity contribution in [3.05, 3.63) is 53.8 Å². The van der Waals surface area contributed by atoms with Crippen molar-refractivity contribution in [3.8, 4) is 5.75 Å². The minimum Gasteiger partial charge on any atom is -0.501 e. The maximum Gasteiger partial charge on any atom is 0.254 e. The summed E-state index contributed by atoms with van der Waals surface area (Å²) >= 11 is 0. The third-order valence-electron chi connectivity index (χ3n) is 5.20. The lowest BCUT2D eigenvalue weighted by Crippen LogP contribution is -2.54. The second-order valence-electron chi connectivity index (χ2n) is 7.41. The number of allylic oxidation sites excluding steroid dienone is 2. The maximum atomic E-state index is 12.2. The van der Waals surface area contributed by atoms with E-state index in [1.165, 1.54) is 4.90 Å². The van der Waals surface area contributed by atoms with Crippen molar-refractivity contribution < 1.29 is 29.3 Å². The van der Waals surface area contributed by atoms with Gasteiger partial charge in [-0.15, -0.1) is 0 Å². The summed E-state index contributed by atoms with van der Waals surface area (Å²) in [6.07, 6.45) is 2.66. The van der Waals surface area contributed by atoms with Crippen LogP contribution in [0.4, 0.5) is 0 Å². The van der Waals surface area contributed by atoms with E-state index in [1.54, 1.807) is 31.4 Å². The number of nitrogens with zero attached hydrogens (tertiary/aromatic N) is 1. The van der Waals surface area contributed by atoms with E-state index in [-0.39, 0.29) is 12.6 Å². The minimum atomic E-state index is -1.83. The monoisotopic (exact) mass is 431 g/mol. The van der Waals surface area contributed by atoms with Crippen LogP contribution in [0.2, 0.25) is 0 Å². The third kappa shape index (κ3) is 6.30. The predicted octanol–water partition coefficient (Wildman–Crippen LogP) is -0.306. The molecule has 9 nitrogen and oxygen atoms in total. The van der Waals surface area contributed by atoms with Crippen LogP contribution in [0.1, 0.15) is 12.0 Å². The van der Waals surface area contributed by atoms with Gasteiger partial charge in [0.25, 0.3) is 11.8 Å². The summed E-state index contributed by atoms with van der Waals surface area (Å²) in [6, 6.07) is 7.17. The Morgan fingerprint density at radius 1 is 1.19 bits per heavy atom. The quantitative estimate of drug-likeness (QED) is 0.446. The van der Waals surface area contributed by atoms with Crippen molar-refractivity contribution >= 4 is 11.8 Å². The highest BCUT2D eigenvalue weighted by atomic mass is 16.5. The zero-order chi connectivity index (χ0) is 22.2. The molecule has 1 aliphatic carbocycles. The summed E-state index contributed by atoms with van der Waals surface area (Å²) in [6.45, 7) is 2.23. The van der Waals surface area contributed by atoms with Gasteiger partial charge in [-0.05, 0) is 29.8 Å². The Bertz CT molecular complexity index is 817. The van der Waals surface area contributed by atoms with Gasteiger partial charge in [0, 0.05) is 39.1 Å². The standard InChI is InChI=1S/C22H29N3O6/c1-30-17-3-2-4-18(13-17)31-16-7-5-15(6-8-16)14-24-21(28)19(26)20(27)22(29)25-11-9-23-10-12-25/h2-8,18-20,23,26-27H,9-14H2,1H3,(H,24,28)/t18?,19-,20-/m1/s1. The van der Waals surface area contributed by atoms with Crippen LogP contribution in [0.25, 0.3) is 0 Å². The number of amides is 2. The molecule has 168 valence electrons. The van der Waals surface area contributed by atoms with Crippen LogP contribution >= 0.6 is 0 Å². The molecule has 4 N–H and O–H groups in total. The van der Waals surface area contributed by atoms with Gasteiger partial charge >= 0.3 is 0 Å². The summed E-state index contributed by atoms with van der Waals surface area (Å²) < 4.78 is 11.1. The molecule has 31 heavy (non-hydrogen) atoms. The lowest BCUT2D eigenvalue weighted by Gasteiger charge is -2.30. The van der Waals surface area contributed by atoms with E-state index >= 15 is 0 Å². The van der Waals surface area contributed by atoms with E-state index in [1.807, 2.05) is 18.2 Å². The van der Waals surface area contributed by atoms with Gasteiger partial charge in [0.2, 0.25) is 0 Å². The van der Waals surface area contributed by atoms with Crippen LogP contribution in [0.3, 0.4) is 0 Å². The lowest BCUT2D eigenvalue weighted by atomic mass is 10.1.